The van der Waals surface area contributed by atoms with Gasteiger partial charge in [0.2, 0.25) is 0 Å². The molecule has 0 fully saturated rings. The van der Waals surface area contributed by atoms with Gasteiger partial charge in [-0.3, -0.25) is 19.5 Å². The van der Waals surface area contributed by atoms with Crippen molar-refractivity contribution in [2.24, 2.45) is 0 Å². The highest BCUT2D eigenvalue weighted by atomic mass is 16.6. The molecule has 2 aromatic heterocycles. The Morgan fingerprint density at radius 3 is 2.83 bits per heavy atom. The Labute approximate surface area is 103 Å². The zero-order valence-electron chi connectivity index (χ0n) is 9.51. The number of rotatable bonds is 6. The van der Waals surface area contributed by atoms with Crippen molar-refractivity contribution in [1.29, 1.82) is 0 Å². The van der Waals surface area contributed by atoms with Crippen molar-refractivity contribution in [1.82, 2.24) is 14.5 Å². The zero-order chi connectivity index (χ0) is 13.0. The van der Waals surface area contributed by atoms with Crippen molar-refractivity contribution in [3.8, 4) is 0 Å². The zero-order valence-corrected chi connectivity index (χ0v) is 9.51. The van der Waals surface area contributed by atoms with E-state index in [4.69, 9.17) is 0 Å². The molecule has 0 aromatic carbocycles. The fourth-order valence-electron chi connectivity index (χ4n) is 1.48. The van der Waals surface area contributed by atoms with E-state index >= 15 is 0 Å². The maximum absolute atomic E-state index is 10.5. The number of nitrogens with one attached hydrogen (secondary N) is 1. The smallest absolute Gasteiger partial charge is 0.306 e. The monoisotopic (exact) mass is 251 g/mol. The van der Waals surface area contributed by atoms with Crippen LogP contribution in [0.2, 0.25) is 0 Å². The highest BCUT2D eigenvalue weighted by molar-refractivity contribution is 5.20. The van der Waals surface area contributed by atoms with E-state index in [0.29, 0.717) is 6.54 Å². The second-order valence-electron chi connectivity index (χ2n) is 3.78. The first-order valence-electron chi connectivity index (χ1n) is 5.37. The molecule has 2 aromatic rings. The van der Waals surface area contributed by atoms with Gasteiger partial charge in [0.1, 0.15) is 12.4 Å². The van der Waals surface area contributed by atoms with Gasteiger partial charge < -0.3 is 10.5 Å². The maximum Gasteiger partial charge on any atom is 0.306 e. The molecular formula is C10H13N5O3. The molecule has 1 atom stereocenters. The Morgan fingerprint density at radius 1 is 1.50 bits per heavy atom. The summed E-state index contributed by atoms with van der Waals surface area (Å²) in [6.45, 7) is 0.518. The largest absolute Gasteiger partial charge is 0.389 e. The molecule has 0 aliphatic heterocycles. The number of aliphatic hydroxyl groups is 1. The molecule has 2 heterocycles. The Hall–Kier alpha value is -2.35. The van der Waals surface area contributed by atoms with Crippen LogP contribution in [-0.2, 0) is 6.54 Å². The van der Waals surface area contributed by atoms with E-state index in [9.17, 15) is 15.2 Å². The van der Waals surface area contributed by atoms with Gasteiger partial charge in [0.15, 0.2) is 0 Å². The summed E-state index contributed by atoms with van der Waals surface area (Å²) in [5.41, 5.74) is 2.88. The van der Waals surface area contributed by atoms with Crippen molar-refractivity contribution in [3.05, 3.63) is 47.0 Å². The second kappa shape index (κ2) is 5.32. The Balaban J connectivity index is 1.82. The predicted molar refractivity (Wildman–Crippen MR) is 63.5 cm³/mol. The summed E-state index contributed by atoms with van der Waals surface area (Å²) >= 11 is 0. The van der Waals surface area contributed by atoms with Crippen LogP contribution >= 0.6 is 0 Å². The number of aliphatic hydroxyl groups excluding tert-OH is 1. The van der Waals surface area contributed by atoms with Crippen LogP contribution in [0.15, 0.2) is 36.9 Å². The maximum atomic E-state index is 10.5. The molecule has 0 aliphatic rings. The summed E-state index contributed by atoms with van der Waals surface area (Å²) < 4.78 is 3.06. The SMILES string of the molecule is O=[N+]([O-])c1cnn(CC(O)CNn2cccc2)c1. The highest BCUT2D eigenvalue weighted by Gasteiger charge is 2.11. The summed E-state index contributed by atoms with van der Waals surface area (Å²) in [6.07, 6.45) is 5.38. The van der Waals surface area contributed by atoms with Crippen LogP contribution in [0.5, 0.6) is 0 Å². The lowest BCUT2D eigenvalue weighted by molar-refractivity contribution is -0.385. The molecular weight excluding hydrogens is 238 g/mol. The van der Waals surface area contributed by atoms with Gasteiger partial charge in [-0.15, -0.1) is 0 Å². The molecule has 2 N–H and O–H groups in total. The molecule has 0 saturated carbocycles. The number of hydrogen-bond acceptors (Lipinski definition) is 5. The third kappa shape index (κ3) is 3.08. The summed E-state index contributed by atoms with van der Waals surface area (Å²) in [7, 11) is 0. The minimum Gasteiger partial charge on any atom is -0.389 e. The highest BCUT2D eigenvalue weighted by Crippen LogP contribution is 2.07. The van der Waals surface area contributed by atoms with Crippen LogP contribution in [0.4, 0.5) is 5.69 Å². The molecule has 8 nitrogen and oxygen atoms in total. The third-order valence-electron chi connectivity index (χ3n) is 2.34. The number of nitro groups is 1. The molecule has 18 heavy (non-hydrogen) atoms. The topological polar surface area (TPSA) is 98.2 Å². The lowest BCUT2D eigenvalue weighted by Gasteiger charge is -2.13. The number of aromatic nitrogens is 3. The van der Waals surface area contributed by atoms with Crippen LogP contribution in [-0.4, -0.2) is 37.1 Å². The van der Waals surface area contributed by atoms with Crippen molar-refractivity contribution in [2.45, 2.75) is 12.6 Å². The minimum absolute atomic E-state index is 0.0828. The molecule has 0 spiro atoms. The molecule has 1 unspecified atom stereocenters. The summed E-state index contributed by atoms with van der Waals surface area (Å²) in [4.78, 5) is 9.94. The van der Waals surface area contributed by atoms with E-state index in [1.54, 1.807) is 4.68 Å². The van der Waals surface area contributed by atoms with Gasteiger partial charge in [-0.1, -0.05) is 0 Å². The van der Waals surface area contributed by atoms with Crippen molar-refractivity contribution in [3.63, 3.8) is 0 Å². The van der Waals surface area contributed by atoms with Crippen molar-refractivity contribution < 1.29 is 10.0 Å². The molecule has 0 aliphatic carbocycles. The molecule has 0 bridgehead atoms. The molecule has 0 saturated heterocycles. The fraction of sp³-hybridized carbons (Fsp3) is 0.300. The first-order chi connectivity index (χ1) is 8.65. The second-order valence-corrected chi connectivity index (χ2v) is 3.78. The Morgan fingerprint density at radius 2 is 2.22 bits per heavy atom. The van der Waals surface area contributed by atoms with E-state index in [0.717, 1.165) is 6.20 Å². The Kier molecular flexibility index (Phi) is 3.58. The van der Waals surface area contributed by atoms with E-state index in [1.165, 1.54) is 10.9 Å². The normalized spacial score (nSPS) is 12.3. The Bertz CT molecular complexity index is 507. The molecule has 2 rings (SSSR count). The summed E-state index contributed by atoms with van der Waals surface area (Å²) in [5.74, 6) is 0. The van der Waals surface area contributed by atoms with E-state index in [2.05, 4.69) is 10.5 Å². The van der Waals surface area contributed by atoms with Crippen LogP contribution < -0.4 is 5.43 Å². The molecule has 0 radical (unpaired) electrons. The number of hydrogen-bond donors (Lipinski definition) is 2. The average molecular weight is 251 g/mol. The predicted octanol–water partition coefficient (Wildman–Crippen LogP) is 0.197. The summed E-state index contributed by atoms with van der Waals surface area (Å²) in [6, 6.07) is 3.71. The van der Waals surface area contributed by atoms with Gasteiger partial charge in [-0.05, 0) is 12.1 Å². The number of nitrogens with zero attached hydrogens (tertiary/aromatic N) is 4. The van der Waals surface area contributed by atoms with Crippen LogP contribution in [0.25, 0.3) is 0 Å². The van der Waals surface area contributed by atoms with Crippen LogP contribution in [0.1, 0.15) is 0 Å². The molecule has 0 amide bonds. The van der Waals surface area contributed by atoms with E-state index in [1.807, 2.05) is 24.5 Å². The summed E-state index contributed by atoms with van der Waals surface area (Å²) in [5, 5.41) is 24.0. The van der Waals surface area contributed by atoms with Gasteiger partial charge in [0.05, 0.1) is 24.1 Å². The van der Waals surface area contributed by atoms with Gasteiger partial charge in [0.25, 0.3) is 0 Å². The van der Waals surface area contributed by atoms with E-state index < -0.39 is 11.0 Å². The van der Waals surface area contributed by atoms with Gasteiger partial charge in [-0.25, -0.2) is 0 Å². The van der Waals surface area contributed by atoms with Gasteiger partial charge in [-0.2, -0.15) is 5.10 Å². The first-order valence-corrected chi connectivity index (χ1v) is 5.37. The van der Waals surface area contributed by atoms with E-state index in [-0.39, 0.29) is 12.2 Å². The van der Waals surface area contributed by atoms with Crippen LogP contribution in [0.3, 0.4) is 0 Å². The third-order valence-corrected chi connectivity index (χ3v) is 2.34. The average Bonchev–Trinajstić information content (AvgIpc) is 2.96. The van der Waals surface area contributed by atoms with Gasteiger partial charge >= 0.3 is 5.69 Å². The first kappa shape index (κ1) is 12.1. The fourth-order valence-corrected chi connectivity index (χ4v) is 1.48. The quantitative estimate of drug-likeness (QED) is 0.564. The van der Waals surface area contributed by atoms with Crippen molar-refractivity contribution >= 4 is 5.69 Å². The van der Waals surface area contributed by atoms with Gasteiger partial charge in [0, 0.05) is 12.4 Å². The minimum atomic E-state index is -0.688. The van der Waals surface area contributed by atoms with Crippen LogP contribution in [0, 0.1) is 10.1 Å². The molecule has 8 heteroatoms. The molecule has 96 valence electrons. The van der Waals surface area contributed by atoms with Crippen molar-refractivity contribution in [2.75, 3.05) is 12.0 Å². The lowest BCUT2D eigenvalue weighted by Crippen LogP contribution is -2.29. The standard InChI is InChI=1S/C10H13N5O3/c16-10(6-12-13-3-1-2-4-13)8-14-7-9(5-11-14)15(17)18/h1-5,7,10,12,16H,6,8H2. The lowest BCUT2D eigenvalue weighted by atomic mass is 10.3.